The number of nitrogens with zero attached hydrogens (tertiary/aromatic N) is 3. The van der Waals surface area contributed by atoms with Gasteiger partial charge in [0, 0.05) is 31.3 Å². The summed E-state index contributed by atoms with van der Waals surface area (Å²) in [4.78, 5) is 26.1. The Hall–Kier alpha value is -2.99. The Morgan fingerprint density at radius 2 is 1.89 bits per heavy atom. The Morgan fingerprint density at radius 1 is 1.19 bits per heavy atom. The second-order valence-electron chi connectivity index (χ2n) is 10.9. The van der Waals surface area contributed by atoms with Crippen molar-refractivity contribution < 1.29 is 14.3 Å². The van der Waals surface area contributed by atoms with Crippen molar-refractivity contribution in [1.29, 1.82) is 0 Å². The van der Waals surface area contributed by atoms with Crippen LogP contribution in [-0.4, -0.2) is 40.6 Å². The van der Waals surface area contributed by atoms with Crippen LogP contribution >= 0.6 is 0 Å². The largest absolute Gasteiger partial charge is 0.497 e. The number of carbonyl (C=O) groups is 1. The zero-order valence-electron chi connectivity index (χ0n) is 22.5. The molecule has 5 atom stereocenters. The summed E-state index contributed by atoms with van der Waals surface area (Å²) in [7, 11) is 1.68. The number of fused-ring (bicyclic) bond motifs is 1. The molecule has 1 aromatic heterocycles. The van der Waals surface area contributed by atoms with E-state index in [9.17, 15) is 4.79 Å². The summed E-state index contributed by atoms with van der Waals surface area (Å²) in [6, 6.07) is 12.3. The van der Waals surface area contributed by atoms with E-state index in [2.05, 4.69) is 44.5 Å². The molecule has 1 saturated heterocycles. The van der Waals surface area contributed by atoms with Gasteiger partial charge in [0.25, 0.3) is 0 Å². The molecule has 6 nitrogen and oxygen atoms in total. The molecule has 0 N–H and O–H groups in total. The molecule has 3 aliphatic rings. The van der Waals surface area contributed by atoms with E-state index in [1.54, 1.807) is 19.5 Å². The molecule has 0 radical (unpaired) electrons. The zero-order chi connectivity index (χ0) is 26.2. The van der Waals surface area contributed by atoms with E-state index in [0.717, 1.165) is 36.3 Å². The van der Waals surface area contributed by atoms with Crippen LogP contribution in [0.4, 0.5) is 0 Å². The average molecular weight is 502 g/mol. The highest BCUT2D eigenvalue weighted by Crippen LogP contribution is 2.60. The molecule has 2 fully saturated rings. The molecule has 3 heterocycles. The van der Waals surface area contributed by atoms with Crippen LogP contribution < -0.4 is 4.74 Å². The topological polar surface area (TPSA) is 64.0 Å². The van der Waals surface area contributed by atoms with Gasteiger partial charge in [-0.1, -0.05) is 39.0 Å². The van der Waals surface area contributed by atoms with E-state index in [1.165, 1.54) is 5.56 Å². The van der Waals surface area contributed by atoms with E-state index in [-0.39, 0.29) is 24.0 Å². The van der Waals surface area contributed by atoms with Crippen LogP contribution in [0.5, 0.6) is 5.75 Å². The Kier molecular flexibility index (Phi) is 6.97. The predicted molar refractivity (Wildman–Crippen MR) is 145 cm³/mol. The third-order valence-electron chi connectivity index (χ3n) is 9.19. The molecule has 196 valence electrons. The van der Waals surface area contributed by atoms with E-state index in [1.807, 2.05) is 35.2 Å². The number of ether oxygens (including phenoxy) is 2. The van der Waals surface area contributed by atoms with Crippen LogP contribution in [-0.2, 0) is 16.1 Å². The number of hydrogen-bond donors (Lipinski definition) is 0. The molecular formula is C31H39N3O3. The lowest BCUT2D eigenvalue weighted by atomic mass is 9.66. The molecule has 5 rings (SSSR count). The summed E-state index contributed by atoms with van der Waals surface area (Å²) >= 11 is 0. The second kappa shape index (κ2) is 10.1. The lowest BCUT2D eigenvalue weighted by molar-refractivity contribution is -0.155. The van der Waals surface area contributed by atoms with Crippen molar-refractivity contribution in [3.8, 4) is 5.75 Å². The third kappa shape index (κ3) is 4.10. The van der Waals surface area contributed by atoms with E-state index in [0.29, 0.717) is 25.3 Å². The van der Waals surface area contributed by atoms with Gasteiger partial charge in [-0.25, -0.2) is 0 Å². The van der Waals surface area contributed by atoms with E-state index in [4.69, 9.17) is 14.5 Å². The quantitative estimate of drug-likeness (QED) is 0.387. The zero-order valence-corrected chi connectivity index (χ0v) is 22.5. The minimum absolute atomic E-state index is 0.0780. The highest BCUT2D eigenvalue weighted by molar-refractivity contribution is 6.02. The van der Waals surface area contributed by atoms with Crippen LogP contribution in [0.1, 0.15) is 69.9 Å². The average Bonchev–Trinajstić information content (AvgIpc) is 3.35. The first-order valence-electron chi connectivity index (χ1n) is 13.6. The number of likely N-dealkylation sites (tertiary alicyclic amines) is 1. The molecule has 37 heavy (non-hydrogen) atoms. The standard InChI is InChI=1S/C31H39N3O3/c1-6-15-30-20-31(34(29(30)35)19-22-13-16-32-17-14-22)27(33-28(37-31)23(7-2)8-3)18-26(21(30)4)24-9-11-25(36-5)12-10-24/h6,9-14,16-17,21,23,26,28H,1,7-8,15,18-20H2,2-5H3/t21-,26+,28-,30+,31+/m1/s1. The maximum atomic E-state index is 14.6. The molecule has 1 aromatic carbocycles. The van der Waals surface area contributed by atoms with Crippen molar-refractivity contribution in [2.24, 2.45) is 22.2 Å². The first-order valence-corrected chi connectivity index (χ1v) is 13.6. The fraction of sp³-hybridized carbons (Fsp3) is 0.516. The number of benzene rings is 1. The predicted octanol–water partition coefficient (Wildman–Crippen LogP) is 6.14. The Morgan fingerprint density at radius 3 is 2.51 bits per heavy atom. The number of aromatic nitrogens is 1. The number of allylic oxidation sites excluding steroid dienone is 1. The number of methoxy groups -OCH3 is 1. The van der Waals surface area contributed by atoms with Gasteiger partial charge in [0.05, 0.1) is 18.2 Å². The van der Waals surface area contributed by atoms with E-state index < -0.39 is 11.1 Å². The molecule has 2 bridgehead atoms. The normalized spacial score (nSPS) is 30.7. The molecule has 0 unspecified atom stereocenters. The summed E-state index contributed by atoms with van der Waals surface area (Å²) < 4.78 is 12.4. The van der Waals surface area contributed by atoms with E-state index >= 15 is 0 Å². The van der Waals surface area contributed by atoms with Gasteiger partial charge >= 0.3 is 0 Å². The van der Waals surface area contributed by atoms with Gasteiger partial charge in [0.2, 0.25) is 5.91 Å². The molecule has 2 aromatic rings. The molecule has 1 amide bonds. The molecule has 1 aliphatic carbocycles. The third-order valence-corrected chi connectivity index (χ3v) is 9.19. The number of pyridine rings is 1. The summed E-state index contributed by atoms with van der Waals surface area (Å²) in [5, 5.41) is 0. The highest BCUT2D eigenvalue weighted by Gasteiger charge is 2.68. The first kappa shape index (κ1) is 25.7. The number of amides is 1. The van der Waals surface area contributed by atoms with Gasteiger partial charge in [-0.2, -0.15) is 0 Å². The van der Waals surface area contributed by atoms with Gasteiger partial charge in [0.15, 0.2) is 12.0 Å². The van der Waals surface area contributed by atoms with Gasteiger partial charge in [-0.05, 0) is 72.9 Å². The van der Waals surface area contributed by atoms with Crippen LogP contribution in [0, 0.1) is 17.3 Å². The van der Waals surface area contributed by atoms with Crippen LogP contribution in [0.2, 0.25) is 0 Å². The first-order chi connectivity index (χ1) is 17.9. The molecule has 6 heteroatoms. The number of hydrogen-bond acceptors (Lipinski definition) is 5. The minimum atomic E-state index is -0.827. The lowest BCUT2D eigenvalue weighted by Gasteiger charge is -2.40. The monoisotopic (exact) mass is 501 g/mol. The molecule has 1 saturated carbocycles. The SMILES string of the molecule is C=CC[C@]12C[C@@]3(O[C@H](C(CC)CC)N=C3C[C@H](c3ccc(OC)cc3)[C@H]1C)N(Cc1ccncc1)C2=O. The number of carbonyl (C=O) groups excluding carboxylic acids is 1. The van der Waals surface area contributed by atoms with Crippen molar-refractivity contribution >= 4 is 11.6 Å². The Balaban J connectivity index is 1.64. The Labute approximate surface area is 220 Å². The van der Waals surface area contributed by atoms with Crippen LogP contribution in [0.25, 0.3) is 0 Å². The molecular weight excluding hydrogens is 462 g/mol. The number of aliphatic imine (C=N–C) groups is 1. The van der Waals surface area contributed by atoms with Gasteiger partial charge in [-0.15, -0.1) is 6.58 Å². The van der Waals surface area contributed by atoms with Crippen molar-refractivity contribution in [1.82, 2.24) is 9.88 Å². The number of rotatable bonds is 9. The molecule has 1 spiro atoms. The summed E-state index contributed by atoms with van der Waals surface area (Å²) in [6.45, 7) is 11.2. The van der Waals surface area contributed by atoms with Crippen LogP contribution in [0.15, 0.2) is 66.4 Å². The maximum absolute atomic E-state index is 14.6. The van der Waals surface area contributed by atoms with Gasteiger partial charge in [-0.3, -0.25) is 14.8 Å². The van der Waals surface area contributed by atoms with Crippen molar-refractivity contribution in [2.75, 3.05) is 7.11 Å². The second-order valence-corrected chi connectivity index (χ2v) is 10.9. The Bertz CT molecular complexity index is 1160. The van der Waals surface area contributed by atoms with Crippen LogP contribution in [0.3, 0.4) is 0 Å². The van der Waals surface area contributed by atoms with Crippen molar-refractivity contribution in [2.45, 2.75) is 77.3 Å². The summed E-state index contributed by atoms with van der Waals surface area (Å²) in [5.74, 6) is 1.52. The molecule has 2 aliphatic heterocycles. The lowest BCUT2D eigenvalue weighted by Crippen LogP contribution is -2.53. The van der Waals surface area contributed by atoms with Crippen molar-refractivity contribution in [3.63, 3.8) is 0 Å². The van der Waals surface area contributed by atoms with Gasteiger partial charge < -0.3 is 14.4 Å². The maximum Gasteiger partial charge on any atom is 0.232 e. The highest BCUT2D eigenvalue weighted by atomic mass is 16.6. The summed E-state index contributed by atoms with van der Waals surface area (Å²) in [6.07, 6.45) is 9.21. The summed E-state index contributed by atoms with van der Waals surface area (Å²) in [5.41, 5.74) is 1.83. The fourth-order valence-corrected chi connectivity index (χ4v) is 6.91. The smallest absolute Gasteiger partial charge is 0.232 e. The fourth-order valence-electron chi connectivity index (χ4n) is 6.91. The van der Waals surface area contributed by atoms with Crippen molar-refractivity contribution in [3.05, 3.63) is 72.6 Å². The van der Waals surface area contributed by atoms with Gasteiger partial charge in [0.1, 0.15) is 5.75 Å². The minimum Gasteiger partial charge on any atom is -0.497 e.